The summed E-state index contributed by atoms with van der Waals surface area (Å²) in [6.45, 7) is 3.46. The summed E-state index contributed by atoms with van der Waals surface area (Å²) < 4.78 is 9.77. The van der Waals surface area contributed by atoms with E-state index in [-0.39, 0.29) is 30.4 Å². The zero-order valence-corrected chi connectivity index (χ0v) is 15.0. The van der Waals surface area contributed by atoms with Crippen molar-refractivity contribution in [2.45, 2.75) is 32.7 Å². The minimum Gasteiger partial charge on any atom is -0.447 e. The van der Waals surface area contributed by atoms with E-state index in [1.54, 1.807) is 12.2 Å². The number of carbonyl (C=O) groups is 3. The van der Waals surface area contributed by atoms with Crippen LogP contribution in [0.2, 0.25) is 0 Å². The molecule has 0 radical (unpaired) electrons. The summed E-state index contributed by atoms with van der Waals surface area (Å²) in [7, 11) is 0. The van der Waals surface area contributed by atoms with Crippen molar-refractivity contribution >= 4 is 18.0 Å². The maximum absolute atomic E-state index is 12.4. The van der Waals surface area contributed by atoms with E-state index in [4.69, 9.17) is 9.47 Å². The van der Waals surface area contributed by atoms with Crippen LogP contribution in [-0.2, 0) is 25.5 Å². The van der Waals surface area contributed by atoms with Gasteiger partial charge in [0.25, 0.3) is 5.91 Å². The smallest absolute Gasteiger partial charge is 0.417 e. The van der Waals surface area contributed by atoms with Crippen molar-refractivity contribution in [1.82, 2.24) is 4.90 Å². The summed E-state index contributed by atoms with van der Waals surface area (Å²) in [6, 6.07) is 9.37. The molecule has 0 saturated carbocycles. The Morgan fingerprint density at radius 1 is 1.35 bits per heavy atom. The van der Waals surface area contributed by atoms with E-state index in [1.165, 1.54) is 24.2 Å². The molecule has 0 bridgehead atoms. The fourth-order valence-corrected chi connectivity index (χ4v) is 2.58. The molecule has 0 aliphatic carbocycles. The Morgan fingerprint density at radius 2 is 2.08 bits per heavy atom. The molecule has 1 saturated heterocycles. The lowest BCUT2D eigenvalue weighted by molar-refractivity contribution is -0.135. The second-order valence-corrected chi connectivity index (χ2v) is 6.18. The van der Waals surface area contributed by atoms with Crippen LogP contribution in [0.4, 0.5) is 4.79 Å². The Hall–Kier alpha value is -2.89. The van der Waals surface area contributed by atoms with Crippen LogP contribution in [0.1, 0.15) is 25.8 Å². The zero-order chi connectivity index (χ0) is 18.9. The molecule has 1 aromatic rings. The Balaban J connectivity index is 1.90. The topological polar surface area (TPSA) is 72.9 Å². The number of carbonyl (C=O) groups excluding carboxylic acids is 3. The maximum Gasteiger partial charge on any atom is 0.417 e. The molecule has 2 atom stereocenters. The fraction of sp³-hybridized carbons (Fsp3) is 0.350. The van der Waals surface area contributed by atoms with E-state index in [0.29, 0.717) is 12.8 Å². The third-order valence-electron chi connectivity index (χ3n) is 3.92. The van der Waals surface area contributed by atoms with Gasteiger partial charge in [0.05, 0.1) is 12.3 Å². The van der Waals surface area contributed by atoms with Crippen LogP contribution in [0.5, 0.6) is 0 Å². The number of hydrogen-bond donors (Lipinski definition) is 0. The standard InChI is InChI=1S/C20H23NO5/c1-15(11-12-25-16(2)22)7-6-10-19(23)21-18(14-26-20(21)24)13-17-8-4-3-5-9-17/h3-6,8-12,15,18H,7,13-14H2,1-2H3/b10-6+,12-11-/t15-,18-/m0/s1. The van der Waals surface area contributed by atoms with Crippen molar-refractivity contribution in [2.75, 3.05) is 6.61 Å². The number of amides is 2. The minimum atomic E-state index is -0.608. The number of ether oxygens (including phenoxy) is 2. The summed E-state index contributed by atoms with van der Waals surface area (Å²) >= 11 is 0. The quantitative estimate of drug-likeness (QED) is 0.425. The predicted octanol–water partition coefficient (Wildman–Crippen LogP) is 3.24. The molecule has 2 amide bonds. The molecule has 0 spiro atoms. The summed E-state index contributed by atoms with van der Waals surface area (Å²) in [5.41, 5.74) is 1.04. The van der Waals surface area contributed by atoms with Crippen molar-refractivity contribution in [3.63, 3.8) is 0 Å². The highest BCUT2D eigenvalue weighted by Crippen LogP contribution is 2.18. The summed E-state index contributed by atoms with van der Waals surface area (Å²) in [6.07, 6.45) is 6.71. The van der Waals surface area contributed by atoms with Crippen molar-refractivity contribution in [3.8, 4) is 0 Å². The van der Waals surface area contributed by atoms with E-state index in [2.05, 4.69) is 0 Å². The largest absolute Gasteiger partial charge is 0.447 e. The monoisotopic (exact) mass is 357 g/mol. The van der Waals surface area contributed by atoms with Gasteiger partial charge in [-0.25, -0.2) is 9.69 Å². The molecule has 0 unspecified atom stereocenters. The molecule has 26 heavy (non-hydrogen) atoms. The van der Waals surface area contributed by atoms with E-state index < -0.39 is 6.09 Å². The molecular formula is C20H23NO5. The molecule has 1 aromatic carbocycles. The third kappa shape index (κ3) is 5.88. The van der Waals surface area contributed by atoms with Gasteiger partial charge in [0, 0.05) is 6.92 Å². The first-order valence-electron chi connectivity index (χ1n) is 8.51. The average Bonchev–Trinajstić information content (AvgIpc) is 2.95. The molecule has 0 N–H and O–H groups in total. The highest BCUT2D eigenvalue weighted by Gasteiger charge is 2.36. The van der Waals surface area contributed by atoms with Gasteiger partial charge >= 0.3 is 12.1 Å². The molecule has 1 heterocycles. The van der Waals surface area contributed by atoms with Crippen LogP contribution < -0.4 is 0 Å². The number of nitrogens with zero attached hydrogens (tertiary/aromatic N) is 1. The van der Waals surface area contributed by atoms with Gasteiger partial charge in [-0.05, 0) is 36.5 Å². The molecule has 1 fully saturated rings. The number of esters is 1. The first kappa shape index (κ1) is 19.4. The lowest BCUT2D eigenvalue weighted by atomic mass is 10.1. The zero-order valence-electron chi connectivity index (χ0n) is 15.0. The van der Waals surface area contributed by atoms with Crippen molar-refractivity contribution in [1.29, 1.82) is 0 Å². The highest BCUT2D eigenvalue weighted by atomic mass is 16.6. The maximum atomic E-state index is 12.4. The van der Waals surface area contributed by atoms with E-state index >= 15 is 0 Å². The molecule has 6 nitrogen and oxygen atoms in total. The molecule has 6 heteroatoms. The molecule has 0 aromatic heterocycles. The minimum absolute atomic E-state index is 0.0871. The van der Waals surface area contributed by atoms with Gasteiger partial charge in [0.2, 0.25) is 0 Å². The molecule has 1 aliphatic rings. The predicted molar refractivity (Wildman–Crippen MR) is 96.0 cm³/mol. The summed E-state index contributed by atoms with van der Waals surface area (Å²) in [4.78, 5) is 36.2. The highest BCUT2D eigenvalue weighted by molar-refractivity contribution is 5.99. The van der Waals surface area contributed by atoms with Crippen molar-refractivity contribution < 1.29 is 23.9 Å². The number of benzene rings is 1. The number of allylic oxidation sites excluding steroid dienone is 2. The lowest BCUT2D eigenvalue weighted by Gasteiger charge is -2.18. The Kier molecular flexibility index (Phi) is 7.14. The van der Waals surface area contributed by atoms with Crippen LogP contribution in [0.3, 0.4) is 0 Å². The fourth-order valence-electron chi connectivity index (χ4n) is 2.58. The molecular weight excluding hydrogens is 334 g/mol. The SMILES string of the molecule is CC(=O)O/C=C\[C@@H](C)C/C=C/C(=O)N1C(=O)OC[C@@H]1Cc1ccccc1. The lowest BCUT2D eigenvalue weighted by Crippen LogP contribution is -2.39. The second kappa shape index (κ2) is 9.56. The number of cyclic esters (lactones) is 1. The average molecular weight is 357 g/mol. The third-order valence-corrected chi connectivity index (χ3v) is 3.92. The second-order valence-electron chi connectivity index (χ2n) is 6.18. The van der Waals surface area contributed by atoms with Gasteiger partial charge < -0.3 is 9.47 Å². The van der Waals surface area contributed by atoms with Crippen LogP contribution >= 0.6 is 0 Å². The number of imide groups is 1. The summed E-state index contributed by atoms with van der Waals surface area (Å²) in [5.74, 6) is -0.676. The van der Waals surface area contributed by atoms with Crippen LogP contribution in [-0.4, -0.2) is 35.5 Å². The van der Waals surface area contributed by atoms with Crippen LogP contribution in [0, 0.1) is 5.92 Å². The van der Waals surface area contributed by atoms with Gasteiger partial charge in [-0.1, -0.05) is 43.3 Å². The molecule has 138 valence electrons. The Morgan fingerprint density at radius 3 is 2.77 bits per heavy atom. The van der Waals surface area contributed by atoms with Gasteiger partial charge in [-0.2, -0.15) is 0 Å². The van der Waals surface area contributed by atoms with E-state index in [0.717, 1.165) is 5.56 Å². The Bertz CT molecular complexity index is 695. The van der Waals surface area contributed by atoms with Gasteiger partial charge in [-0.15, -0.1) is 0 Å². The Labute approximate surface area is 153 Å². The van der Waals surface area contributed by atoms with Gasteiger partial charge in [-0.3, -0.25) is 9.59 Å². The van der Waals surface area contributed by atoms with E-state index in [9.17, 15) is 14.4 Å². The number of rotatable bonds is 7. The van der Waals surface area contributed by atoms with Crippen molar-refractivity contribution in [3.05, 3.63) is 60.4 Å². The van der Waals surface area contributed by atoms with Crippen molar-refractivity contribution in [2.24, 2.45) is 5.92 Å². The first-order chi connectivity index (χ1) is 12.5. The number of hydrogen-bond acceptors (Lipinski definition) is 5. The molecule has 2 rings (SSSR count). The van der Waals surface area contributed by atoms with Crippen LogP contribution in [0.25, 0.3) is 0 Å². The van der Waals surface area contributed by atoms with Gasteiger partial charge in [0.15, 0.2) is 0 Å². The summed E-state index contributed by atoms with van der Waals surface area (Å²) in [5, 5.41) is 0. The van der Waals surface area contributed by atoms with Crippen LogP contribution in [0.15, 0.2) is 54.8 Å². The van der Waals surface area contributed by atoms with E-state index in [1.807, 2.05) is 37.3 Å². The molecule has 1 aliphatic heterocycles. The first-order valence-corrected chi connectivity index (χ1v) is 8.51. The van der Waals surface area contributed by atoms with Gasteiger partial charge in [0.1, 0.15) is 6.61 Å². The normalized spacial score (nSPS) is 18.3.